The van der Waals surface area contributed by atoms with Crippen LogP contribution in [-0.2, 0) is 6.42 Å². The molecule has 0 atom stereocenters. The fourth-order valence-electron chi connectivity index (χ4n) is 2.16. The first-order valence-corrected chi connectivity index (χ1v) is 8.63. The van der Waals surface area contributed by atoms with Gasteiger partial charge in [-0.2, -0.15) is 0 Å². The first-order valence-electron chi connectivity index (χ1n) is 6.53. The molecule has 0 aliphatic carbocycles. The minimum absolute atomic E-state index is 0.0541. The molecule has 0 saturated carbocycles. The van der Waals surface area contributed by atoms with E-state index in [1.54, 1.807) is 11.3 Å². The van der Waals surface area contributed by atoms with E-state index in [2.05, 4.69) is 9.97 Å². The third kappa shape index (κ3) is 3.09. The van der Waals surface area contributed by atoms with Gasteiger partial charge in [0.1, 0.15) is 0 Å². The number of nitrogens with one attached hydrogen (secondary N) is 1. The Labute approximate surface area is 131 Å². The van der Waals surface area contributed by atoms with Gasteiger partial charge >= 0.3 is 0 Å². The van der Waals surface area contributed by atoms with E-state index in [9.17, 15) is 4.79 Å². The van der Waals surface area contributed by atoms with E-state index in [1.165, 1.54) is 11.8 Å². The summed E-state index contributed by atoms with van der Waals surface area (Å²) in [4.78, 5) is 21.0. The van der Waals surface area contributed by atoms with Crippen molar-refractivity contribution in [2.24, 2.45) is 0 Å². The molecule has 0 spiro atoms. The quantitative estimate of drug-likeness (QED) is 0.588. The largest absolute Gasteiger partial charge is 0.301 e. The van der Waals surface area contributed by atoms with Gasteiger partial charge in [0.25, 0.3) is 5.56 Å². The van der Waals surface area contributed by atoms with Gasteiger partial charge in [0, 0.05) is 22.4 Å². The zero-order chi connectivity index (χ0) is 14.7. The van der Waals surface area contributed by atoms with Crippen LogP contribution in [0.1, 0.15) is 10.4 Å². The van der Waals surface area contributed by atoms with E-state index in [0.29, 0.717) is 11.6 Å². The third-order valence-corrected chi connectivity index (χ3v) is 4.62. The fraction of sp³-hybridized carbons (Fsp3) is 0.125. The summed E-state index contributed by atoms with van der Waals surface area (Å²) in [5.74, 6) is 0. The Morgan fingerprint density at radius 3 is 2.67 bits per heavy atom. The molecule has 0 aliphatic heterocycles. The maximum absolute atomic E-state index is 12.4. The van der Waals surface area contributed by atoms with Crippen LogP contribution in [0.3, 0.4) is 0 Å². The number of thiophene rings is 1. The van der Waals surface area contributed by atoms with Crippen molar-refractivity contribution in [1.82, 2.24) is 9.97 Å². The number of H-pyrrole nitrogens is 1. The Balaban J connectivity index is 2.15. The highest BCUT2D eigenvalue weighted by Crippen LogP contribution is 2.24. The second kappa shape index (κ2) is 6.28. The number of hydrogen-bond donors (Lipinski definition) is 1. The standard InChI is InChI=1S/C16H14N2OS2/c1-20-16-17-14(11-6-3-2-4-7-11)13(15(19)18-16)10-12-8-5-9-21-12/h2-9H,10H2,1H3,(H,17,18,19). The summed E-state index contributed by atoms with van der Waals surface area (Å²) in [5, 5.41) is 2.67. The number of rotatable bonds is 4. The summed E-state index contributed by atoms with van der Waals surface area (Å²) >= 11 is 3.10. The van der Waals surface area contributed by atoms with Crippen LogP contribution < -0.4 is 5.56 Å². The molecule has 106 valence electrons. The second-order valence-electron chi connectivity index (χ2n) is 4.52. The number of thioether (sulfide) groups is 1. The van der Waals surface area contributed by atoms with Crippen molar-refractivity contribution in [3.05, 3.63) is 68.6 Å². The molecule has 3 nitrogen and oxygen atoms in total. The predicted molar refractivity (Wildman–Crippen MR) is 89.2 cm³/mol. The highest BCUT2D eigenvalue weighted by atomic mass is 32.2. The Bertz CT molecular complexity index is 780. The number of aromatic nitrogens is 2. The minimum Gasteiger partial charge on any atom is -0.301 e. The summed E-state index contributed by atoms with van der Waals surface area (Å²) in [6, 6.07) is 13.9. The van der Waals surface area contributed by atoms with Crippen LogP contribution in [0.25, 0.3) is 11.3 Å². The van der Waals surface area contributed by atoms with Crippen molar-refractivity contribution in [1.29, 1.82) is 0 Å². The van der Waals surface area contributed by atoms with Gasteiger partial charge < -0.3 is 4.98 Å². The highest BCUT2D eigenvalue weighted by Gasteiger charge is 2.14. The lowest BCUT2D eigenvalue weighted by molar-refractivity contribution is 0.912. The Kier molecular flexibility index (Phi) is 4.22. The van der Waals surface area contributed by atoms with Crippen molar-refractivity contribution < 1.29 is 0 Å². The van der Waals surface area contributed by atoms with Crippen LogP contribution >= 0.6 is 23.1 Å². The summed E-state index contributed by atoms with van der Waals surface area (Å²) in [7, 11) is 0. The third-order valence-electron chi connectivity index (χ3n) is 3.17. The average molecular weight is 314 g/mol. The normalized spacial score (nSPS) is 10.7. The topological polar surface area (TPSA) is 45.8 Å². The van der Waals surface area contributed by atoms with Gasteiger partial charge in [0.2, 0.25) is 0 Å². The van der Waals surface area contributed by atoms with E-state index in [-0.39, 0.29) is 5.56 Å². The molecule has 0 unspecified atom stereocenters. The zero-order valence-corrected chi connectivity index (χ0v) is 13.1. The van der Waals surface area contributed by atoms with Crippen LogP contribution in [0.2, 0.25) is 0 Å². The second-order valence-corrected chi connectivity index (χ2v) is 6.35. The summed E-state index contributed by atoms with van der Waals surface area (Å²) < 4.78 is 0. The molecule has 2 heterocycles. The molecule has 0 aliphatic rings. The molecule has 0 saturated heterocycles. The summed E-state index contributed by atoms with van der Waals surface area (Å²) in [5.41, 5.74) is 2.42. The maximum Gasteiger partial charge on any atom is 0.255 e. The molecule has 5 heteroatoms. The van der Waals surface area contributed by atoms with Crippen molar-refractivity contribution in [3.63, 3.8) is 0 Å². The van der Waals surface area contributed by atoms with Crippen LogP contribution in [0.4, 0.5) is 0 Å². The molecule has 0 bridgehead atoms. The molecule has 0 fully saturated rings. The lowest BCUT2D eigenvalue weighted by Gasteiger charge is -2.09. The van der Waals surface area contributed by atoms with Crippen molar-refractivity contribution in [2.75, 3.05) is 6.26 Å². The van der Waals surface area contributed by atoms with Gasteiger partial charge in [-0.15, -0.1) is 11.3 Å². The van der Waals surface area contributed by atoms with Crippen LogP contribution in [0.15, 0.2) is 57.8 Å². The van der Waals surface area contributed by atoms with Crippen LogP contribution in [-0.4, -0.2) is 16.2 Å². The molecule has 2 aromatic heterocycles. The SMILES string of the molecule is CSc1nc(-c2ccccc2)c(Cc2cccs2)c(=O)[nH]1. The van der Waals surface area contributed by atoms with Crippen molar-refractivity contribution in [2.45, 2.75) is 11.6 Å². The Morgan fingerprint density at radius 2 is 2.00 bits per heavy atom. The summed E-state index contributed by atoms with van der Waals surface area (Å²) in [6.07, 6.45) is 2.52. The van der Waals surface area contributed by atoms with Gasteiger partial charge in [-0.05, 0) is 17.7 Å². The maximum atomic E-state index is 12.4. The monoisotopic (exact) mass is 314 g/mol. The fourth-order valence-corrected chi connectivity index (χ4v) is 3.25. The van der Waals surface area contributed by atoms with E-state index in [4.69, 9.17) is 0 Å². The number of nitrogens with zero attached hydrogens (tertiary/aromatic N) is 1. The molecule has 1 N–H and O–H groups in total. The van der Waals surface area contributed by atoms with Gasteiger partial charge in [0.15, 0.2) is 5.16 Å². The number of hydrogen-bond acceptors (Lipinski definition) is 4. The molecule has 0 amide bonds. The van der Waals surface area contributed by atoms with Crippen LogP contribution in [0, 0.1) is 0 Å². The lowest BCUT2D eigenvalue weighted by atomic mass is 10.0. The van der Waals surface area contributed by atoms with Crippen LogP contribution in [0.5, 0.6) is 0 Å². The highest BCUT2D eigenvalue weighted by molar-refractivity contribution is 7.98. The predicted octanol–water partition coefficient (Wildman–Crippen LogP) is 3.81. The lowest BCUT2D eigenvalue weighted by Crippen LogP contribution is -2.17. The molecular weight excluding hydrogens is 300 g/mol. The van der Waals surface area contributed by atoms with E-state index < -0.39 is 0 Å². The van der Waals surface area contributed by atoms with E-state index >= 15 is 0 Å². The van der Waals surface area contributed by atoms with Gasteiger partial charge in [-0.1, -0.05) is 48.2 Å². The van der Waals surface area contributed by atoms with Gasteiger partial charge in [-0.3, -0.25) is 4.79 Å². The molecule has 1 aromatic carbocycles. The molecular formula is C16H14N2OS2. The number of aromatic amines is 1. The molecule has 21 heavy (non-hydrogen) atoms. The minimum atomic E-state index is -0.0541. The number of benzene rings is 1. The van der Waals surface area contributed by atoms with E-state index in [1.807, 2.05) is 54.1 Å². The smallest absolute Gasteiger partial charge is 0.255 e. The zero-order valence-electron chi connectivity index (χ0n) is 11.5. The van der Waals surface area contributed by atoms with Crippen molar-refractivity contribution >= 4 is 23.1 Å². The first-order chi connectivity index (χ1) is 10.3. The average Bonchev–Trinajstić information content (AvgIpc) is 3.03. The van der Waals surface area contributed by atoms with Crippen molar-refractivity contribution in [3.8, 4) is 11.3 Å². The Morgan fingerprint density at radius 1 is 1.19 bits per heavy atom. The molecule has 0 radical (unpaired) electrons. The Hall–Kier alpha value is -1.85. The molecule has 3 rings (SSSR count). The first kappa shape index (κ1) is 14.1. The van der Waals surface area contributed by atoms with Gasteiger partial charge in [0.05, 0.1) is 5.69 Å². The van der Waals surface area contributed by atoms with E-state index in [0.717, 1.165) is 21.7 Å². The molecule has 3 aromatic rings. The van der Waals surface area contributed by atoms with Gasteiger partial charge in [-0.25, -0.2) is 4.98 Å². The summed E-state index contributed by atoms with van der Waals surface area (Å²) in [6.45, 7) is 0.